The highest BCUT2D eigenvalue weighted by molar-refractivity contribution is 6.67. The van der Waals surface area contributed by atoms with Gasteiger partial charge in [0.1, 0.15) is 18.1 Å². The molecule has 1 rings (SSSR count). The molecule has 0 aromatic carbocycles. The molecule has 2 nitrogen and oxygen atoms in total. The van der Waals surface area contributed by atoms with Crippen molar-refractivity contribution in [2.45, 2.75) is 6.18 Å². The van der Waals surface area contributed by atoms with Gasteiger partial charge in [-0.3, -0.25) is 4.79 Å². The summed E-state index contributed by atoms with van der Waals surface area (Å²) in [6.07, 6.45) is -3.50. The largest absolute Gasteiger partial charge is 0.471 e. The van der Waals surface area contributed by atoms with E-state index in [4.69, 9.17) is 11.6 Å². The molecule has 0 N–H and O–H groups in total. The Balaban J connectivity index is 3.17. The normalized spacial score (nSPS) is 11.7. The van der Waals surface area contributed by atoms with Gasteiger partial charge in [0.25, 0.3) is 5.24 Å². The molecular formula is C6H2ClF3O2. The third-order valence-corrected chi connectivity index (χ3v) is 1.38. The minimum atomic E-state index is -4.60. The molecule has 0 aliphatic carbocycles. The van der Waals surface area contributed by atoms with E-state index in [1.807, 2.05) is 0 Å². The van der Waals surface area contributed by atoms with Crippen LogP contribution in [0.5, 0.6) is 0 Å². The lowest BCUT2D eigenvalue weighted by molar-refractivity contribution is -0.138. The summed E-state index contributed by atoms with van der Waals surface area (Å²) in [4.78, 5) is 10.4. The molecule has 0 bridgehead atoms. The van der Waals surface area contributed by atoms with Crippen molar-refractivity contribution in [2.24, 2.45) is 0 Å². The molecule has 0 aliphatic heterocycles. The maximum Gasteiger partial charge on any atom is 0.420 e. The Kier molecular flexibility index (Phi) is 2.14. The summed E-state index contributed by atoms with van der Waals surface area (Å²) in [5, 5.41) is -1.18. The predicted octanol–water partition coefficient (Wildman–Crippen LogP) is 2.68. The molecule has 1 aromatic heterocycles. The minimum Gasteiger partial charge on any atom is -0.471 e. The molecule has 1 aromatic rings. The fraction of sp³-hybridized carbons (Fsp3) is 0.167. The number of alkyl halides is 3. The Morgan fingerprint density at radius 1 is 1.42 bits per heavy atom. The fourth-order valence-electron chi connectivity index (χ4n) is 0.669. The molecule has 66 valence electrons. The molecule has 0 atom stereocenters. The second kappa shape index (κ2) is 2.82. The van der Waals surface area contributed by atoms with Crippen molar-refractivity contribution < 1.29 is 22.4 Å². The molecular weight excluding hydrogens is 197 g/mol. The van der Waals surface area contributed by atoms with Gasteiger partial charge in [-0.2, -0.15) is 13.2 Å². The topological polar surface area (TPSA) is 30.2 Å². The van der Waals surface area contributed by atoms with Gasteiger partial charge in [0.05, 0.1) is 5.56 Å². The number of hydrogen-bond acceptors (Lipinski definition) is 2. The van der Waals surface area contributed by atoms with Gasteiger partial charge in [-0.1, -0.05) is 0 Å². The van der Waals surface area contributed by atoms with E-state index in [9.17, 15) is 18.0 Å². The second-order valence-electron chi connectivity index (χ2n) is 1.97. The average Bonchev–Trinajstić information content (AvgIpc) is 2.30. The van der Waals surface area contributed by atoms with Crippen LogP contribution in [0.4, 0.5) is 13.2 Å². The van der Waals surface area contributed by atoms with E-state index in [0.717, 1.165) is 0 Å². The number of halogens is 4. The molecule has 12 heavy (non-hydrogen) atoms. The quantitative estimate of drug-likeness (QED) is 0.650. The smallest absolute Gasteiger partial charge is 0.420 e. The first-order valence-electron chi connectivity index (χ1n) is 2.76. The summed E-state index contributed by atoms with van der Waals surface area (Å²) in [6.45, 7) is 0. The van der Waals surface area contributed by atoms with Crippen molar-refractivity contribution in [1.29, 1.82) is 0 Å². The van der Waals surface area contributed by atoms with Crippen LogP contribution in [0.3, 0.4) is 0 Å². The Hall–Kier alpha value is -0.970. The van der Waals surface area contributed by atoms with Crippen molar-refractivity contribution in [3.8, 4) is 0 Å². The molecule has 0 saturated heterocycles. The molecule has 0 unspecified atom stereocenters. The zero-order chi connectivity index (χ0) is 9.35. The maximum absolute atomic E-state index is 12.0. The van der Waals surface area contributed by atoms with Crippen LogP contribution in [0.2, 0.25) is 0 Å². The van der Waals surface area contributed by atoms with Gasteiger partial charge < -0.3 is 4.42 Å². The van der Waals surface area contributed by atoms with Gasteiger partial charge in [0.2, 0.25) is 0 Å². The van der Waals surface area contributed by atoms with Crippen LogP contribution in [0, 0.1) is 0 Å². The van der Waals surface area contributed by atoms with E-state index >= 15 is 0 Å². The first kappa shape index (κ1) is 9.12. The Morgan fingerprint density at radius 3 is 2.33 bits per heavy atom. The van der Waals surface area contributed by atoms with Crippen LogP contribution in [0.25, 0.3) is 0 Å². The van der Waals surface area contributed by atoms with Crippen LogP contribution in [0.1, 0.15) is 15.9 Å². The standard InChI is InChI=1S/C6H2ClF3O2/c7-5(11)3-1-12-2-4(3)6(8,9)10/h1-2H. The lowest BCUT2D eigenvalue weighted by Gasteiger charge is -2.02. The minimum absolute atomic E-state index is 0.440. The van der Waals surface area contributed by atoms with Gasteiger partial charge >= 0.3 is 6.18 Å². The van der Waals surface area contributed by atoms with Crippen LogP contribution >= 0.6 is 11.6 Å². The monoisotopic (exact) mass is 198 g/mol. The Bertz CT molecular complexity index is 302. The number of carbonyl (C=O) groups excluding carboxylic acids is 1. The van der Waals surface area contributed by atoms with Gasteiger partial charge in [0.15, 0.2) is 0 Å². The zero-order valence-corrected chi connectivity index (χ0v) is 6.24. The number of rotatable bonds is 1. The van der Waals surface area contributed by atoms with E-state index in [0.29, 0.717) is 12.5 Å². The molecule has 6 heteroatoms. The van der Waals surface area contributed by atoms with Gasteiger partial charge in [-0.25, -0.2) is 0 Å². The van der Waals surface area contributed by atoms with Crippen LogP contribution in [0.15, 0.2) is 16.9 Å². The van der Waals surface area contributed by atoms with Crippen molar-refractivity contribution >= 4 is 16.8 Å². The maximum atomic E-state index is 12.0. The summed E-state index contributed by atoms with van der Waals surface area (Å²) in [6, 6.07) is 0. The number of hydrogen-bond donors (Lipinski definition) is 0. The summed E-state index contributed by atoms with van der Waals surface area (Å²) in [7, 11) is 0. The number of furan rings is 1. The first-order valence-corrected chi connectivity index (χ1v) is 3.14. The third kappa shape index (κ3) is 1.61. The Morgan fingerprint density at radius 2 is 2.00 bits per heavy atom. The highest BCUT2D eigenvalue weighted by atomic mass is 35.5. The first-order chi connectivity index (χ1) is 5.43. The highest BCUT2D eigenvalue weighted by Crippen LogP contribution is 2.33. The second-order valence-corrected chi connectivity index (χ2v) is 2.31. The van der Waals surface area contributed by atoms with E-state index in [1.165, 1.54) is 0 Å². The highest BCUT2D eigenvalue weighted by Gasteiger charge is 2.36. The SMILES string of the molecule is O=C(Cl)c1cocc1C(F)(F)F. The number of carbonyl (C=O) groups is 1. The molecule has 0 radical (unpaired) electrons. The molecule has 0 aliphatic rings. The van der Waals surface area contributed by atoms with E-state index in [2.05, 4.69) is 4.42 Å². The zero-order valence-electron chi connectivity index (χ0n) is 5.48. The fourth-order valence-corrected chi connectivity index (χ4v) is 0.815. The third-order valence-electron chi connectivity index (χ3n) is 1.18. The van der Waals surface area contributed by atoms with Gasteiger partial charge in [0, 0.05) is 0 Å². The van der Waals surface area contributed by atoms with Crippen LogP contribution in [-0.4, -0.2) is 5.24 Å². The summed E-state index contributed by atoms with van der Waals surface area (Å²) < 4.78 is 40.1. The van der Waals surface area contributed by atoms with E-state index < -0.39 is 22.5 Å². The molecule has 0 fully saturated rings. The van der Waals surface area contributed by atoms with Crippen molar-refractivity contribution in [3.05, 3.63) is 23.7 Å². The summed E-state index contributed by atoms with van der Waals surface area (Å²) in [5.41, 5.74) is -1.81. The summed E-state index contributed by atoms with van der Waals surface area (Å²) >= 11 is 4.86. The van der Waals surface area contributed by atoms with E-state index in [-0.39, 0.29) is 0 Å². The Labute approximate surface area is 69.9 Å². The summed E-state index contributed by atoms with van der Waals surface area (Å²) in [5.74, 6) is 0. The van der Waals surface area contributed by atoms with Gasteiger partial charge in [-0.15, -0.1) is 0 Å². The average molecular weight is 199 g/mol. The van der Waals surface area contributed by atoms with Crippen molar-refractivity contribution in [3.63, 3.8) is 0 Å². The lowest BCUT2D eigenvalue weighted by Crippen LogP contribution is -2.07. The molecule has 1 heterocycles. The molecule has 0 saturated carbocycles. The van der Waals surface area contributed by atoms with Crippen LogP contribution < -0.4 is 0 Å². The van der Waals surface area contributed by atoms with Gasteiger partial charge in [-0.05, 0) is 11.6 Å². The van der Waals surface area contributed by atoms with Crippen molar-refractivity contribution in [1.82, 2.24) is 0 Å². The van der Waals surface area contributed by atoms with Crippen molar-refractivity contribution in [2.75, 3.05) is 0 Å². The lowest BCUT2D eigenvalue weighted by atomic mass is 10.2. The van der Waals surface area contributed by atoms with E-state index in [1.54, 1.807) is 0 Å². The molecule has 0 spiro atoms. The van der Waals surface area contributed by atoms with Crippen LogP contribution in [-0.2, 0) is 6.18 Å². The molecule has 0 amide bonds. The predicted molar refractivity (Wildman–Crippen MR) is 33.9 cm³/mol.